The minimum Gasteiger partial charge on any atom is -0.330 e. The van der Waals surface area contributed by atoms with E-state index in [0.29, 0.717) is 56.3 Å². The third kappa shape index (κ3) is 4.82. The monoisotopic (exact) mass is 440 g/mol. The molecule has 7 nitrogen and oxygen atoms in total. The molecule has 0 spiro atoms. The number of anilines is 1. The molecule has 2 heterocycles. The first-order valence-corrected chi connectivity index (χ1v) is 10.8. The lowest BCUT2D eigenvalue weighted by Gasteiger charge is -2.42. The molecule has 31 heavy (non-hydrogen) atoms. The molecule has 1 N–H and O–H groups in total. The standard InChI is InChI=1S/C23H25ClN4O3/c24-19-8-4-5-9-20(19)25-23(31)26-12-10-18(11-13-26)28-15-14-27(21(29)22(28)30)16-17-6-2-1-3-7-17/h1-9,18H,10-16H2,(H,25,31). The van der Waals surface area contributed by atoms with Gasteiger partial charge < -0.3 is 20.0 Å². The zero-order valence-electron chi connectivity index (χ0n) is 17.2. The number of amides is 4. The van der Waals surface area contributed by atoms with Gasteiger partial charge in [0.1, 0.15) is 0 Å². The smallest absolute Gasteiger partial charge is 0.321 e. The largest absolute Gasteiger partial charge is 0.330 e. The molecule has 2 aromatic carbocycles. The summed E-state index contributed by atoms with van der Waals surface area (Å²) in [5.74, 6) is -0.893. The Morgan fingerprint density at radius 2 is 1.58 bits per heavy atom. The van der Waals surface area contributed by atoms with Crippen LogP contribution in [-0.2, 0) is 16.1 Å². The highest BCUT2D eigenvalue weighted by molar-refractivity contribution is 6.35. The Balaban J connectivity index is 1.30. The van der Waals surface area contributed by atoms with Gasteiger partial charge in [0.15, 0.2) is 0 Å². The summed E-state index contributed by atoms with van der Waals surface area (Å²) in [6.45, 7) is 2.53. The Morgan fingerprint density at radius 1 is 0.903 bits per heavy atom. The summed E-state index contributed by atoms with van der Waals surface area (Å²) >= 11 is 6.11. The van der Waals surface area contributed by atoms with Gasteiger partial charge in [0.05, 0.1) is 10.7 Å². The number of hydrogen-bond acceptors (Lipinski definition) is 3. The number of benzene rings is 2. The van der Waals surface area contributed by atoms with Gasteiger partial charge in [0, 0.05) is 38.8 Å². The molecule has 0 saturated carbocycles. The maximum atomic E-state index is 12.7. The fourth-order valence-corrected chi connectivity index (χ4v) is 4.31. The maximum absolute atomic E-state index is 12.7. The van der Waals surface area contributed by atoms with Gasteiger partial charge in [-0.05, 0) is 30.5 Å². The molecule has 2 fully saturated rings. The molecule has 0 atom stereocenters. The molecule has 2 saturated heterocycles. The van der Waals surface area contributed by atoms with E-state index in [-0.39, 0.29) is 12.1 Å². The van der Waals surface area contributed by atoms with Crippen molar-refractivity contribution in [3.8, 4) is 0 Å². The van der Waals surface area contributed by atoms with Crippen molar-refractivity contribution in [1.29, 1.82) is 0 Å². The van der Waals surface area contributed by atoms with Crippen LogP contribution in [0.15, 0.2) is 54.6 Å². The Kier molecular flexibility index (Phi) is 6.42. The Labute approximate surface area is 186 Å². The minimum absolute atomic E-state index is 0.0281. The van der Waals surface area contributed by atoms with E-state index in [1.165, 1.54) is 0 Å². The lowest BCUT2D eigenvalue weighted by molar-refractivity contribution is -0.158. The van der Waals surface area contributed by atoms with E-state index in [1.54, 1.807) is 32.9 Å². The zero-order valence-corrected chi connectivity index (χ0v) is 17.9. The second kappa shape index (κ2) is 9.39. The molecule has 0 bridgehead atoms. The van der Waals surface area contributed by atoms with Crippen molar-refractivity contribution in [2.45, 2.75) is 25.4 Å². The van der Waals surface area contributed by atoms with Gasteiger partial charge >= 0.3 is 17.8 Å². The summed E-state index contributed by atoms with van der Waals surface area (Å²) in [5, 5.41) is 3.32. The van der Waals surface area contributed by atoms with E-state index in [0.717, 1.165) is 5.56 Å². The summed E-state index contributed by atoms with van der Waals surface area (Å²) in [7, 11) is 0. The number of nitrogens with zero attached hydrogens (tertiary/aromatic N) is 3. The molecule has 2 aliphatic heterocycles. The van der Waals surface area contributed by atoms with Crippen molar-refractivity contribution in [3.63, 3.8) is 0 Å². The summed E-state index contributed by atoms with van der Waals surface area (Å²) in [4.78, 5) is 43.0. The topological polar surface area (TPSA) is 73.0 Å². The fourth-order valence-electron chi connectivity index (χ4n) is 4.13. The molecule has 0 aliphatic carbocycles. The van der Waals surface area contributed by atoms with Crippen molar-refractivity contribution in [1.82, 2.24) is 14.7 Å². The highest BCUT2D eigenvalue weighted by Crippen LogP contribution is 2.23. The van der Waals surface area contributed by atoms with Crippen LogP contribution in [0, 0.1) is 0 Å². The van der Waals surface area contributed by atoms with Crippen LogP contribution in [0.25, 0.3) is 0 Å². The van der Waals surface area contributed by atoms with E-state index >= 15 is 0 Å². The third-order valence-electron chi connectivity index (χ3n) is 5.87. The number of piperidine rings is 1. The highest BCUT2D eigenvalue weighted by atomic mass is 35.5. The first-order valence-electron chi connectivity index (χ1n) is 10.5. The average molecular weight is 441 g/mol. The summed E-state index contributed by atoms with van der Waals surface area (Å²) in [5.41, 5.74) is 1.58. The lowest BCUT2D eigenvalue weighted by Crippen LogP contribution is -2.59. The molecule has 0 unspecified atom stereocenters. The Morgan fingerprint density at radius 3 is 2.29 bits per heavy atom. The first-order chi connectivity index (χ1) is 15.0. The van der Waals surface area contributed by atoms with Crippen LogP contribution >= 0.6 is 11.6 Å². The van der Waals surface area contributed by atoms with Crippen LogP contribution in [0.5, 0.6) is 0 Å². The number of carbonyl (C=O) groups is 3. The van der Waals surface area contributed by atoms with Crippen LogP contribution in [0.4, 0.5) is 10.5 Å². The molecule has 4 rings (SSSR count). The van der Waals surface area contributed by atoms with Gasteiger partial charge in [0.2, 0.25) is 0 Å². The molecular formula is C23H25ClN4O3. The summed E-state index contributed by atoms with van der Waals surface area (Å²) in [6.07, 6.45) is 1.29. The van der Waals surface area contributed by atoms with E-state index < -0.39 is 11.8 Å². The van der Waals surface area contributed by atoms with Gasteiger partial charge in [0.25, 0.3) is 0 Å². The van der Waals surface area contributed by atoms with Crippen LogP contribution in [0.3, 0.4) is 0 Å². The van der Waals surface area contributed by atoms with Crippen molar-refractivity contribution >= 4 is 35.1 Å². The van der Waals surface area contributed by atoms with Crippen LogP contribution in [-0.4, -0.2) is 64.8 Å². The van der Waals surface area contributed by atoms with Crippen molar-refractivity contribution in [2.24, 2.45) is 0 Å². The van der Waals surface area contributed by atoms with E-state index in [1.807, 2.05) is 36.4 Å². The number of likely N-dealkylation sites (tertiary alicyclic amines) is 1. The number of rotatable bonds is 4. The van der Waals surface area contributed by atoms with Crippen LogP contribution in [0.2, 0.25) is 5.02 Å². The van der Waals surface area contributed by atoms with Gasteiger partial charge in [-0.25, -0.2) is 4.79 Å². The predicted octanol–water partition coefficient (Wildman–Crippen LogP) is 3.21. The molecule has 162 valence electrons. The Bertz CT molecular complexity index is 960. The molecular weight excluding hydrogens is 416 g/mol. The number of para-hydroxylation sites is 1. The Hall–Kier alpha value is -3.06. The van der Waals surface area contributed by atoms with E-state index in [2.05, 4.69) is 5.32 Å². The molecule has 4 amide bonds. The molecule has 0 radical (unpaired) electrons. The zero-order chi connectivity index (χ0) is 21.8. The third-order valence-corrected chi connectivity index (χ3v) is 6.20. The number of urea groups is 1. The van der Waals surface area contributed by atoms with Gasteiger partial charge in [-0.3, -0.25) is 9.59 Å². The van der Waals surface area contributed by atoms with Crippen molar-refractivity contribution in [2.75, 3.05) is 31.5 Å². The summed E-state index contributed by atoms with van der Waals surface area (Å²) < 4.78 is 0. The molecule has 2 aromatic rings. The number of hydrogen-bond donors (Lipinski definition) is 1. The average Bonchev–Trinajstić information content (AvgIpc) is 2.79. The second-order valence-corrected chi connectivity index (χ2v) is 8.25. The lowest BCUT2D eigenvalue weighted by atomic mass is 10.0. The fraction of sp³-hybridized carbons (Fsp3) is 0.348. The highest BCUT2D eigenvalue weighted by Gasteiger charge is 2.38. The molecule has 8 heteroatoms. The van der Waals surface area contributed by atoms with Crippen molar-refractivity contribution in [3.05, 3.63) is 65.2 Å². The van der Waals surface area contributed by atoms with Gasteiger partial charge in [-0.2, -0.15) is 0 Å². The summed E-state index contributed by atoms with van der Waals surface area (Å²) in [6, 6.07) is 16.5. The van der Waals surface area contributed by atoms with E-state index in [4.69, 9.17) is 11.6 Å². The van der Waals surface area contributed by atoms with Gasteiger partial charge in [-0.15, -0.1) is 0 Å². The number of nitrogens with one attached hydrogen (secondary N) is 1. The quantitative estimate of drug-likeness (QED) is 0.742. The van der Waals surface area contributed by atoms with Crippen LogP contribution < -0.4 is 5.32 Å². The molecule has 0 aromatic heterocycles. The molecule has 2 aliphatic rings. The minimum atomic E-state index is -0.450. The number of carbonyl (C=O) groups excluding carboxylic acids is 3. The number of piperazine rings is 1. The normalized spacial score (nSPS) is 17.8. The second-order valence-electron chi connectivity index (χ2n) is 7.84. The predicted molar refractivity (Wildman–Crippen MR) is 119 cm³/mol. The number of halogens is 1. The van der Waals surface area contributed by atoms with E-state index in [9.17, 15) is 14.4 Å². The van der Waals surface area contributed by atoms with Gasteiger partial charge in [-0.1, -0.05) is 54.1 Å². The van der Waals surface area contributed by atoms with Crippen molar-refractivity contribution < 1.29 is 14.4 Å². The SMILES string of the molecule is O=C(Nc1ccccc1Cl)N1CCC(N2CCN(Cc3ccccc3)C(=O)C2=O)CC1. The first kappa shape index (κ1) is 21.2. The maximum Gasteiger partial charge on any atom is 0.321 e. The van der Waals surface area contributed by atoms with Crippen LogP contribution in [0.1, 0.15) is 18.4 Å².